The molecule has 1 aromatic carbocycles. The van der Waals surface area contributed by atoms with Crippen LogP contribution in [-0.4, -0.2) is 22.6 Å². The molecular formula is C16H19N3O2S. The summed E-state index contributed by atoms with van der Waals surface area (Å²) in [5.41, 5.74) is 7.83. The molecule has 0 bridgehead atoms. The van der Waals surface area contributed by atoms with Gasteiger partial charge in [0.25, 0.3) is 0 Å². The minimum Gasteiger partial charge on any atom is -0.274 e. The van der Waals surface area contributed by atoms with E-state index >= 15 is 0 Å². The average molecular weight is 317 g/mol. The zero-order valence-corrected chi connectivity index (χ0v) is 13.7. The number of carbonyl (C=O) groups excluding carboxylic acids is 2. The summed E-state index contributed by atoms with van der Waals surface area (Å²) in [5, 5.41) is 1.98. The SMILES string of the molecule is CCc1cc2cccc(C)c2nc1SCC(=O)NNC(C)=O. The van der Waals surface area contributed by atoms with E-state index in [9.17, 15) is 9.59 Å². The third-order valence-corrected chi connectivity index (χ3v) is 4.22. The average Bonchev–Trinajstić information content (AvgIpc) is 2.50. The third kappa shape index (κ3) is 3.98. The second-order valence-corrected chi connectivity index (χ2v) is 5.93. The number of thioether (sulfide) groups is 1. The number of aryl methyl sites for hydroxylation is 2. The van der Waals surface area contributed by atoms with Gasteiger partial charge in [-0.05, 0) is 30.5 Å². The van der Waals surface area contributed by atoms with Crippen LogP contribution in [0.3, 0.4) is 0 Å². The van der Waals surface area contributed by atoms with Crippen LogP contribution in [0, 0.1) is 6.92 Å². The summed E-state index contributed by atoms with van der Waals surface area (Å²) in [5.74, 6) is -0.349. The molecule has 1 heterocycles. The zero-order valence-electron chi connectivity index (χ0n) is 12.9. The lowest BCUT2D eigenvalue weighted by molar-refractivity contribution is -0.126. The van der Waals surface area contributed by atoms with Crippen molar-refractivity contribution >= 4 is 34.5 Å². The van der Waals surface area contributed by atoms with Gasteiger partial charge in [-0.2, -0.15) is 0 Å². The van der Waals surface area contributed by atoms with Gasteiger partial charge in [0.05, 0.1) is 11.3 Å². The van der Waals surface area contributed by atoms with E-state index in [1.807, 2.05) is 25.1 Å². The second kappa shape index (κ2) is 7.26. The van der Waals surface area contributed by atoms with Crippen molar-refractivity contribution < 1.29 is 9.59 Å². The number of carbonyl (C=O) groups is 2. The molecule has 2 N–H and O–H groups in total. The molecule has 2 amide bonds. The summed E-state index contributed by atoms with van der Waals surface area (Å²) in [6, 6.07) is 8.22. The van der Waals surface area contributed by atoms with Gasteiger partial charge in [0.2, 0.25) is 11.8 Å². The Bertz CT molecular complexity index is 716. The van der Waals surface area contributed by atoms with Crippen LogP contribution < -0.4 is 10.9 Å². The van der Waals surface area contributed by atoms with Gasteiger partial charge < -0.3 is 0 Å². The molecule has 1 aromatic heterocycles. The number of pyridine rings is 1. The Hall–Kier alpha value is -2.08. The Balaban J connectivity index is 2.17. The normalized spacial score (nSPS) is 10.5. The van der Waals surface area contributed by atoms with Crippen LogP contribution in [0.1, 0.15) is 25.0 Å². The molecular weight excluding hydrogens is 298 g/mol. The minimum atomic E-state index is -0.299. The molecule has 6 heteroatoms. The first-order valence-electron chi connectivity index (χ1n) is 7.08. The molecule has 116 valence electrons. The lowest BCUT2D eigenvalue weighted by atomic mass is 10.1. The van der Waals surface area contributed by atoms with Gasteiger partial charge in [-0.1, -0.05) is 36.9 Å². The van der Waals surface area contributed by atoms with E-state index in [4.69, 9.17) is 4.98 Å². The predicted molar refractivity (Wildman–Crippen MR) is 88.5 cm³/mol. The third-order valence-electron chi connectivity index (χ3n) is 3.19. The number of benzene rings is 1. The van der Waals surface area contributed by atoms with Crippen molar-refractivity contribution in [3.05, 3.63) is 35.4 Å². The summed E-state index contributed by atoms with van der Waals surface area (Å²) in [7, 11) is 0. The molecule has 2 rings (SSSR count). The van der Waals surface area contributed by atoms with Crippen LogP contribution in [-0.2, 0) is 16.0 Å². The number of para-hydroxylation sites is 1. The Labute approximate surface area is 133 Å². The maximum atomic E-state index is 11.7. The fourth-order valence-corrected chi connectivity index (χ4v) is 2.96. The Morgan fingerprint density at radius 2 is 2.05 bits per heavy atom. The van der Waals surface area contributed by atoms with Crippen LogP contribution in [0.5, 0.6) is 0 Å². The summed E-state index contributed by atoms with van der Waals surface area (Å²) in [4.78, 5) is 27.1. The number of hydrogen-bond donors (Lipinski definition) is 2. The summed E-state index contributed by atoms with van der Waals surface area (Å²) >= 11 is 1.38. The van der Waals surface area contributed by atoms with E-state index in [0.717, 1.165) is 33.5 Å². The van der Waals surface area contributed by atoms with E-state index < -0.39 is 0 Å². The topological polar surface area (TPSA) is 71.1 Å². The Morgan fingerprint density at radius 3 is 2.73 bits per heavy atom. The Morgan fingerprint density at radius 1 is 1.27 bits per heavy atom. The Kier molecular flexibility index (Phi) is 5.38. The number of fused-ring (bicyclic) bond motifs is 1. The molecule has 0 saturated heterocycles. The van der Waals surface area contributed by atoms with E-state index in [0.29, 0.717) is 0 Å². The fraction of sp³-hybridized carbons (Fsp3) is 0.312. The van der Waals surface area contributed by atoms with Crippen molar-refractivity contribution in [2.45, 2.75) is 32.2 Å². The fourth-order valence-electron chi connectivity index (χ4n) is 2.08. The van der Waals surface area contributed by atoms with Crippen LogP contribution >= 0.6 is 11.8 Å². The van der Waals surface area contributed by atoms with Crippen LogP contribution in [0.25, 0.3) is 10.9 Å². The molecule has 5 nitrogen and oxygen atoms in total. The molecule has 22 heavy (non-hydrogen) atoms. The first kappa shape index (κ1) is 16.3. The van der Waals surface area contributed by atoms with Crippen molar-refractivity contribution in [1.29, 1.82) is 0 Å². The van der Waals surface area contributed by atoms with Gasteiger partial charge in [0.15, 0.2) is 0 Å². The molecule has 0 saturated carbocycles. The largest absolute Gasteiger partial charge is 0.274 e. The second-order valence-electron chi connectivity index (χ2n) is 4.97. The molecule has 2 aromatic rings. The summed E-state index contributed by atoms with van der Waals surface area (Å²) in [6.45, 7) is 5.44. The maximum absolute atomic E-state index is 11.7. The van der Waals surface area contributed by atoms with Gasteiger partial charge in [0, 0.05) is 12.3 Å². The number of hydrogen-bond acceptors (Lipinski definition) is 4. The molecule has 0 aliphatic heterocycles. The van der Waals surface area contributed by atoms with Crippen molar-refractivity contribution in [3.63, 3.8) is 0 Å². The van der Waals surface area contributed by atoms with Crippen molar-refractivity contribution in [1.82, 2.24) is 15.8 Å². The lowest BCUT2D eigenvalue weighted by Gasteiger charge is -2.10. The molecule has 0 unspecified atom stereocenters. The number of hydrazine groups is 1. The smallest absolute Gasteiger partial charge is 0.248 e. The van der Waals surface area contributed by atoms with Gasteiger partial charge >= 0.3 is 0 Å². The van der Waals surface area contributed by atoms with Crippen LogP contribution in [0.15, 0.2) is 29.3 Å². The van der Waals surface area contributed by atoms with E-state index in [-0.39, 0.29) is 17.6 Å². The first-order chi connectivity index (χ1) is 10.5. The monoisotopic (exact) mass is 317 g/mol. The molecule has 0 aliphatic carbocycles. The number of nitrogens with one attached hydrogen (secondary N) is 2. The van der Waals surface area contributed by atoms with Crippen molar-refractivity contribution in [3.8, 4) is 0 Å². The molecule has 0 spiro atoms. The highest BCUT2D eigenvalue weighted by atomic mass is 32.2. The quantitative estimate of drug-likeness (QED) is 0.671. The molecule has 0 fully saturated rings. The van der Waals surface area contributed by atoms with Gasteiger partial charge in [0.1, 0.15) is 5.03 Å². The predicted octanol–water partition coefficient (Wildman–Crippen LogP) is 2.37. The number of rotatable bonds is 4. The van der Waals surface area contributed by atoms with Gasteiger partial charge in [-0.25, -0.2) is 4.98 Å². The van der Waals surface area contributed by atoms with E-state index in [1.165, 1.54) is 18.7 Å². The number of aromatic nitrogens is 1. The van der Waals surface area contributed by atoms with Crippen LogP contribution in [0.4, 0.5) is 0 Å². The molecule has 0 radical (unpaired) electrons. The highest BCUT2D eigenvalue weighted by Gasteiger charge is 2.10. The van der Waals surface area contributed by atoms with Crippen molar-refractivity contribution in [2.24, 2.45) is 0 Å². The lowest BCUT2D eigenvalue weighted by Crippen LogP contribution is -2.41. The molecule has 0 atom stereocenters. The molecule has 0 aliphatic rings. The number of nitrogens with zero attached hydrogens (tertiary/aromatic N) is 1. The summed E-state index contributed by atoms with van der Waals surface area (Å²) in [6.07, 6.45) is 0.854. The van der Waals surface area contributed by atoms with Gasteiger partial charge in [-0.3, -0.25) is 20.4 Å². The maximum Gasteiger partial charge on any atom is 0.248 e. The highest BCUT2D eigenvalue weighted by molar-refractivity contribution is 7.99. The minimum absolute atomic E-state index is 0.206. The van der Waals surface area contributed by atoms with E-state index in [1.54, 1.807) is 0 Å². The number of amides is 2. The van der Waals surface area contributed by atoms with Crippen molar-refractivity contribution in [2.75, 3.05) is 5.75 Å². The van der Waals surface area contributed by atoms with E-state index in [2.05, 4.69) is 23.8 Å². The standard InChI is InChI=1S/C16H19N3O2S/c1-4-12-8-13-7-5-6-10(2)15(13)17-16(12)22-9-14(21)19-18-11(3)20/h5-8H,4,9H2,1-3H3,(H,18,20)(H,19,21). The summed E-state index contributed by atoms with van der Waals surface area (Å²) < 4.78 is 0. The highest BCUT2D eigenvalue weighted by Crippen LogP contribution is 2.26. The van der Waals surface area contributed by atoms with Crippen LogP contribution in [0.2, 0.25) is 0 Å². The zero-order chi connectivity index (χ0) is 16.1. The van der Waals surface area contributed by atoms with Gasteiger partial charge in [-0.15, -0.1) is 0 Å². The first-order valence-corrected chi connectivity index (χ1v) is 8.07.